The molecule has 0 unspecified atom stereocenters. The van der Waals surface area contributed by atoms with E-state index in [4.69, 9.17) is 0 Å². The first kappa shape index (κ1) is 13.3. The molecule has 0 aromatic heterocycles. The molecule has 2 rings (SSSR count). The van der Waals surface area contributed by atoms with Gasteiger partial charge in [0, 0.05) is 13.6 Å². The highest BCUT2D eigenvalue weighted by molar-refractivity contribution is 5.78. The smallest absolute Gasteiger partial charge is 0.227 e. The van der Waals surface area contributed by atoms with Crippen molar-refractivity contribution < 1.29 is 4.79 Å². The lowest BCUT2D eigenvalue weighted by atomic mass is 10.1. The predicted molar refractivity (Wildman–Crippen MR) is 77.8 cm³/mol. The molecule has 0 bridgehead atoms. The van der Waals surface area contributed by atoms with Gasteiger partial charge in [-0.15, -0.1) is 0 Å². The summed E-state index contributed by atoms with van der Waals surface area (Å²) in [5.74, 6) is 0.148. The molecule has 0 aliphatic rings. The second-order valence-electron chi connectivity index (χ2n) is 4.90. The third kappa shape index (κ3) is 3.95. The highest BCUT2D eigenvalue weighted by Gasteiger charge is 2.10. The van der Waals surface area contributed by atoms with Crippen LogP contribution in [0.4, 0.5) is 0 Å². The number of likely N-dealkylation sites (N-methyl/N-ethyl adjacent to an activating group) is 1. The molecule has 0 saturated heterocycles. The summed E-state index contributed by atoms with van der Waals surface area (Å²) in [6.07, 6.45) is 0.463. The van der Waals surface area contributed by atoms with Crippen LogP contribution in [0.25, 0.3) is 0 Å². The van der Waals surface area contributed by atoms with Crippen molar-refractivity contribution in [3.63, 3.8) is 0 Å². The Morgan fingerprint density at radius 1 is 1.00 bits per heavy atom. The number of carbonyl (C=O) groups excluding carboxylic acids is 1. The molecule has 0 atom stereocenters. The number of amides is 1. The minimum absolute atomic E-state index is 0.148. The molecule has 0 aliphatic carbocycles. The fraction of sp³-hybridized carbons (Fsp3) is 0.235. The van der Waals surface area contributed by atoms with Crippen LogP contribution in [-0.2, 0) is 17.8 Å². The third-order valence-electron chi connectivity index (χ3n) is 3.13. The zero-order chi connectivity index (χ0) is 13.7. The molecule has 0 fully saturated rings. The average Bonchev–Trinajstić information content (AvgIpc) is 2.40. The Kier molecular flexibility index (Phi) is 4.35. The summed E-state index contributed by atoms with van der Waals surface area (Å²) in [5.41, 5.74) is 3.42. The van der Waals surface area contributed by atoms with E-state index >= 15 is 0 Å². The SMILES string of the molecule is Cc1cccc(CC(=O)N(C)Cc2ccccc2)c1. The summed E-state index contributed by atoms with van der Waals surface area (Å²) in [7, 11) is 1.85. The third-order valence-corrected chi connectivity index (χ3v) is 3.13. The van der Waals surface area contributed by atoms with Crippen LogP contribution in [-0.4, -0.2) is 17.9 Å². The summed E-state index contributed by atoms with van der Waals surface area (Å²) in [6, 6.07) is 18.2. The lowest BCUT2D eigenvalue weighted by Crippen LogP contribution is -2.27. The van der Waals surface area contributed by atoms with Crippen molar-refractivity contribution in [2.24, 2.45) is 0 Å². The number of hydrogen-bond acceptors (Lipinski definition) is 1. The number of hydrogen-bond donors (Lipinski definition) is 0. The van der Waals surface area contributed by atoms with Gasteiger partial charge in [-0.3, -0.25) is 4.79 Å². The Morgan fingerprint density at radius 3 is 2.37 bits per heavy atom. The molecule has 98 valence electrons. The van der Waals surface area contributed by atoms with Crippen LogP contribution in [0, 0.1) is 6.92 Å². The second kappa shape index (κ2) is 6.19. The predicted octanol–water partition coefficient (Wildman–Crippen LogP) is 3.20. The summed E-state index contributed by atoms with van der Waals surface area (Å²) < 4.78 is 0. The van der Waals surface area contributed by atoms with Crippen molar-refractivity contribution in [1.82, 2.24) is 4.90 Å². The van der Waals surface area contributed by atoms with E-state index < -0.39 is 0 Å². The Bertz CT molecular complexity index is 548. The fourth-order valence-corrected chi connectivity index (χ4v) is 2.08. The van der Waals surface area contributed by atoms with E-state index in [-0.39, 0.29) is 5.91 Å². The fourth-order valence-electron chi connectivity index (χ4n) is 2.08. The molecule has 0 N–H and O–H groups in total. The summed E-state index contributed by atoms with van der Waals surface area (Å²) >= 11 is 0. The standard InChI is InChI=1S/C17H19NO/c1-14-7-6-10-16(11-14)12-17(19)18(2)13-15-8-4-3-5-9-15/h3-11H,12-13H2,1-2H3. The normalized spacial score (nSPS) is 10.2. The van der Waals surface area contributed by atoms with Gasteiger partial charge in [0.2, 0.25) is 5.91 Å². The maximum atomic E-state index is 12.2. The van der Waals surface area contributed by atoms with E-state index in [1.807, 2.05) is 62.5 Å². The highest BCUT2D eigenvalue weighted by Crippen LogP contribution is 2.08. The molecule has 19 heavy (non-hydrogen) atoms. The first-order valence-corrected chi connectivity index (χ1v) is 6.48. The van der Waals surface area contributed by atoms with Crippen LogP contribution in [0.2, 0.25) is 0 Å². The molecule has 1 amide bonds. The second-order valence-corrected chi connectivity index (χ2v) is 4.90. The minimum Gasteiger partial charge on any atom is -0.341 e. The molecule has 0 saturated carbocycles. The quantitative estimate of drug-likeness (QED) is 0.819. The number of nitrogens with zero attached hydrogens (tertiary/aromatic N) is 1. The topological polar surface area (TPSA) is 20.3 Å². The Hall–Kier alpha value is -2.09. The van der Waals surface area contributed by atoms with Crippen molar-refractivity contribution in [2.45, 2.75) is 19.9 Å². The number of carbonyl (C=O) groups is 1. The minimum atomic E-state index is 0.148. The monoisotopic (exact) mass is 253 g/mol. The molecule has 2 aromatic rings. The van der Waals surface area contributed by atoms with E-state index in [1.54, 1.807) is 4.90 Å². The molecule has 2 aromatic carbocycles. The largest absolute Gasteiger partial charge is 0.341 e. The zero-order valence-corrected chi connectivity index (χ0v) is 11.5. The van der Waals surface area contributed by atoms with Gasteiger partial charge >= 0.3 is 0 Å². The van der Waals surface area contributed by atoms with Crippen LogP contribution >= 0.6 is 0 Å². The molecular weight excluding hydrogens is 234 g/mol. The Balaban J connectivity index is 1.96. The van der Waals surface area contributed by atoms with Crippen LogP contribution in [0.5, 0.6) is 0 Å². The van der Waals surface area contributed by atoms with Crippen LogP contribution in [0.1, 0.15) is 16.7 Å². The van der Waals surface area contributed by atoms with Crippen molar-refractivity contribution in [3.8, 4) is 0 Å². The number of benzene rings is 2. The van der Waals surface area contributed by atoms with Crippen LogP contribution < -0.4 is 0 Å². The lowest BCUT2D eigenvalue weighted by Gasteiger charge is -2.17. The van der Waals surface area contributed by atoms with Gasteiger partial charge in [-0.05, 0) is 18.1 Å². The lowest BCUT2D eigenvalue weighted by molar-refractivity contribution is -0.129. The highest BCUT2D eigenvalue weighted by atomic mass is 16.2. The zero-order valence-electron chi connectivity index (χ0n) is 11.5. The van der Waals surface area contributed by atoms with Gasteiger partial charge in [0.1, 0.15) is 0 Å². The Labute approximate surface area is 114 Å². The maximum absolute atomic E-state index is 12.2. The van der Waals surface area contributed by atoms with Gasteiger partial charge in [0.05, 0.1) is 6.42 Å². The molecule has 0 spiro atoms. The van der Waals surface area contributed by atoms with Crippen LogP contribution in [0.15, 0.2) is 54.6 Å². The van der Waals surface area contributed by atoms with Gasteiger partial charge in [0.15, 0.2) is 0 Å². The van der Waals surface area contributed by atoms with Gasteiger partial charge < -0.3 is 4.90 Å². The van der Waals surface area contributed by atoms with Crippen LogP contribution in [0.3, 0.4) is 0 Å². The molecule has 0 aliphatic heterocycles. The summed E-state index contributed by atoms with van der Waals surface area (Å²) in [4.78, 5) is 13.9. The Morgan fingerprint density at radius 2 is 1.68 bits per heavy atom. The molecular formula is C17H19NO. The van der Waals surface area contributed by atoms with E-state index in [2.05, 4.69) is 6.07 Å². The van der Waals surface area contributed by atoms with Gasteiger partial charge in [-0.2, -0.15) is 0 Å². The van der Waals surface area contributed by atoms with Gasteiger partial charge in [-0.1, -0.05) is 60.2 Å². The van der Waals surface area contributed by atoms with Gasteiger partial charge in [-0.25, -0.2) is 0 Å². The molecule has 0 radical (unpaired) electrons. The van der Waals surface area contributed by atoms with E-state index in [1.165, 1.54) is 5.56 Å². The van der Waals surface area contributed by atoms with Crippen molar-refractivity contribution in [1.29, 1.82) is 0 Å². The molecule has 2 nitrogen and oxygen atoms in total. The van der Waals surface area contributed by atoms with Gasteiger partial charge in [0.25, 0.3) is 0 Å². The number of aryl methyl sites for hydroxylation is 1. The van der Waals surface area contributed by atoms with E-state index in [0.29, 0.717) is 13.0 Å². The van der Waals surface area contributed by atoms with Crippen molar-refractivity contribution in [2.75, 3.05) is 7.05 Å². The van der Waals surface area contributed by atoms with E-state index in [9.17, 15) is 4.79 Å². The molecule has 2 heteroatoms. The summed E-state index contributed by atoms with van der Waals surface area (Å²) in [6.45, 7) is 2.70. The first-order chi connectivity index (χ1) is 9.15. The van der Waals surface area contributed by atoms with Crippen molar-refractivity contribution >= 4 is 5.91 Å². The van der Waals surface area contributed by atoms with Crippen molar-refractivity contribution in [3.05, 3.63) is 71.3 Å². The number of rotatable bonds is 4. The summed E-state index contributed by atoms with van der Waals surface area (Å²) in [5, 5.41) is 0. The molecule has 0 heterocycles. The van der Waals surface area contributed by atoms with E-state index in [0.717, 1.165) is 11.1 Å². The average molecular weight is 253 g/mol. The first-order valence-electron chi connectivity index (χ1n) is 6.48. The maximum Gasteiger partial charge on any atom is 0.227 e.